The van der Waals surface area contributed by atoms with Gasteiger partial charge >= 0.3 is 5.97 Å². The molecule has 0 radical (unpaired) electrons. The molecule has 7 heteroatoms. The highest BCUT2D eigenvalue weighted by Crippen LogP contribution is 2.56. The van der Waals surface area contributed by atoms with Crippen LogP contribution in [0.25, 0.3) is 6.08 Å². The maximum absolute atomic E-state index is 11.9. The van der Waals surface area contributed by atoms with Crippen molar-refractivity contribution in [3.63, 3.8) is 0 Å². The second-order valence-corrected chi connectivity index (χ2v) is 9.60. The summed E-state index contributed by atoms with van der Waals surface area (Å²) < 4.78 is 17.4. The summed E-state index contributed by atoms with van der Waals surface area (Å²) in [5.41, 5.74) is 3.60. The number of esters is 1. The standard InChI is InChI=1S/C29H28N2O5/c1-28(2)22-7-5-6-8-24(16-22)31(18-19-9-11-20(12-10-19)27(32)35-4)29(28)14-13-21-15-23(30-33)17-25(34-3)26(21)36-29/h5-15,17H,16,18H2,1-4H3. The molecule has 1 atom stereocenters. The van der Waals surface area contributed by atoms with Crippen LogP contribution in [-0.4, -0.2) is 30.8 Å². The summed E-state index contributed by atoms with van der Waals surface area (Å²) in [6.07, 6.45) is 13.2. The van der Waals surface area contributed by atoms with Crippen molar-refractivity contribution in [1.29, 1.82) is 0 Å². The van der Waals surface area contributed by atoms with Crippen LogP contribution in [0.2, 0.25) is 0 Å². The number of ether oxygens (including phenoxy) is 3. The average molecular weight is 485 g/mol. The summed E-state index contributed by atoms with van der Waals surface area (Å²) >= 11 is 0. The second kappa shape index (κ2) is 8.82. The molecular formula is C29H28N2O5. The first-order valence-corrected chi connectivity index (χ1v) is 11.8. The van der Waals surface area contributed by atoms with Gasteiger partial charge in [-0.25, -0.2) is 4.79 Å². The van der Waals surface area contributed by atoms with E-state index in [1.165, 1.54) is 12.7 Å². The van der Waals surface area contributed by atoms with E-state index >= 15 is 0 Å². The first-order valence-electron chi connectivity index (χ1n) is 11.8. The quantitative estimate of drug-likeness (QED) is 0.366. The third-order valence-corrected chi connectivity index (χ3v) is 7.37. The minimum atomic E-state index is -0.883. The maximum Gasteiger partial charge on any atom is 0.337 e. The number of benzene rings is 2. The van der Waals surface area contributed by atoms with Crippen molar-refractivity contribution in [2.24, 2.45) is 10.6 Å². The maximum atomic E-state index is 11.9. The van der Waals surface area contributed by atoms with Crippen LogP contribution in [0.5, 0.6) is 11.5 Å². The highest BCUT2D eigenvalue weighted by atomic mass is 16.5. The summed E-state index contributed by atoms with van der Waals surface area (Å²) in [7, 11) is 2.93. The first-order chi connectivity index (χ1) is 17.3. The van der Waals surface area contributed by atoms with Gasteiger partial charge in [-0.05, 0) is 61.0 Å². The molecule has 3 aliphatic rings. The fourth-order valence-electron chi connectivity index (χ4n) is 5.23. The number of carbonyl (C=O) groups excluding carboxylic acids is 1. The largest absolute Gasteiger partial charge is 0.493 e. The zero-order chi connectivity index (χ0) is 25.5. The van der Waals surface area contributed by atoms with E-state index in [4.69, 9.17) is 14.2 Å². The topological polar surface area (TPSA) is 77.4 Å². The Morgan fingerprint density at radius 2 is 1.86 bits per heavy atom. The SMILES string of the molecule is COC(=O)c1ccc(CN2C3=CC=CC=C(C3)C(C)(C)C23C=Cc2cc(N=O)cc(OC)c2O3)cc1. The summed E-state index contributed by atoms with van der Waals surface area (Å²) in [5.74, 6) is 0.660. The Labute approximate surface area is 210 Å². The van der Waals surface area contributed by atoms with Gasteiger partial charge in [-0.1, -0.05) is 35.9 Å². The van der Waals surface area contributed by atoms with Crippen molar-refractivity contribution in [2.45, 2.75) is 32.5 Å². The zero-order valence-corrected chi connectivity index (χ0v) is 20.8. The van der Waals surface area contributed by atoms with E-state index in [2.05, 4.69) is 48.2 Å². The molecule has 184 valence electrons. The van der Waals surface area contributed by atoms with Crippen LogP contribution in [0.15, 0.2) is 83.2 Å². The number of piperidine rings is 1. The zero-order valence-electron chi connectivity index (χ0n) is 20.8. The third-order valence-electron chi connectivity index (χ3n) is 7.37. The molecule has 2 aromatic rings. The minimum Gasteiger partial charge on any atom is -0.493 e. The molecule has 5 rings (SSSR count). The lowest BCUT2D eigenvalue weighted by Crippen LogP contribution is -2.63. The van der Waals surface area contributed by atoms with E-state index in [9.17, 15) is 9.70 Å². The number of nitrogens with zero attached hydrogens (tertiary/aromatic N) is 2. The van der Waals surface area contributed by atoms with Crippen LogP contribution in [0, 0.1) is 10.3 Å². The molecule has 0 N–H and O–H groups in total. The smallest absolute Gasteiger partial charge is 0.337 e. The number of fused-ring (bicyclic) bond motifs is 3. The van der Waals surface area contributed by atoms with E-state index in [1.807, 2.05) is 24.3 Å². The van der Waals surface area contributed by atoms with Crippen molar-refractivity contribution < 1.29 is 19.0 Å². The van der Waals surface area contributed by atoms with E-state index < -0.39 is 11.1 Å². The Hall–Kier alpha value is -4.13. The van der Waals surface area contributed by atoms with Gasteiger partial charge in [-0.2, -0.15) is 0 Å². The number of hydrogen-bond acceptors (Lipinski definition) is 7. The van der Waals surface area contributed by atoms with Crippen LogP contribution in [0.1, 0.15) is 41.8 Å². The van der Waals surface area contributed by atoms with Crippen LogP contribution in [-0.2, 0) is 11.3 Å². The fourth-order valence-corrected chi connectivity index (χ4v) is 5.23. The molecule has 7 nitrogen and oxygen atoms in total. The van der Waals surface area contributed by atoms with Crippen molar-refractivity contribution in [3.8, 4) is 11.5 Å². The van der Waals surface area contributed by atoms with Crippen molar-refractivity contribution in [3.05, 3.63) is 99.6 Å². The molecule has 2 aliphatic heterocycles. The fraction of sp³-hybridized carbons (Fsp3) is 0.276. The van der Waals surface area contributed by atoms with Crippen molar-refractivity contribution in [1.82, 2.24) is 4.90 Å². The van der Waals surface area contributed by atoms with E-state index in [1.54, 1.807) is 31.4 Å². The molecule has 1 fully saturated rings. The predicted octanol–water partition coefficient (Wildman–Crippen LogP) is 6.29. The number of methoxy groups -OCH3 is 2. The van der Waals surface area contributed by atoms with Crippen LogP contribution < -0.4 is 9.47 Å². The Morgan fingerprint density at radius 1 is 1.11 bits per heavy atom. The lowest BCUT2D eigenvalue weighted by atomic mass is 9.67. The number of carbonyl (C=O) groups is 1. The Balaban J connectivity index is 1.64. The van der Waals surface area contributed by atoms with Crippen molar-refractivity contribution in [2.75, 3.05) is 14.2 Å². The number of hydrogen-bond donors (Lipinski definition) is 0. The minimum absolute atomic E-state index is 0.281. The van der Waals surface area contributed by atoms with E-state index in [0.717, 1.165) is 23.2 Å². The monoisotopic (exact) mass is 484 g/mol. The van der Waals surface area contributed by atoms with Gasteiger partial charge in [0.1, 0.15) is 5.69 Å². The van der Waals surface area contributed by atoms with Gasteiger partial charge in [0.15, 0.2) is 11.5 Å². The Morgan fingerprint density at radius 3 is 2.56 bits per heavy atom. The number of rotatable bonds is 5. The lowest BCUT2D eigenvalue weighted by Gasteiger charge is -2.58. The normalized spacial score (nSPS) is 21.1. The lowest BCUT2D eigenvalue weighted by molar-refractivity contribution is -0.116. The summed E-state index contributed by atoms with van der Waals surface area (Å²) in [5, 5.41) is 3.09. The molecule has 2 aromatic carbocycles. The second-order valence-electron chi connectivity index (χ2n) is 9.60. The van der Waals surface area contributed by atoms with Crippen LogP contribution in [0.3, 0.4) is 0 Å². The number of likely N-dealkylation sites (tertiary alicyclic amines) is 1. The molecule has 1 aliphatic carbocycles. The Bertz CT molecular complexity index is 1350. The highest BCUT2D eigenvalue weighted by Gasteiger charge is 2.57. The van der Waals surface area contributed by atoms with Gasteiger partial charge in [0.25, 0.3) is 0 Å². The molecule has 0 aromatic heterocycles. The number of nitroso groups, excluding NO2 is 1. The van der Waals surface area contributed by atoms with Crippen molar-refractivity contribution >= 4 is 17.7 Å². The van der Waals surface area contributed by atoms with Gasteiger partial charge < -0.3 is 19.1 Å². The summed E-state index contributed by atoms with van der Waals surface area (Å²) in [4.78, 5) is 25.4. The molecule has 2 bridgehead atoms. The third kappa shape index (κ3) is 3.63. The van der Waals surface area contributed by atoms with Gasteiger partial charge in [-0.3, -0.25) is 0 Å². The van der Waals surface area contributed by atoms with E-state index in [0.29, 0.717) is 23.6 Å². The van der Waals surface area contributed by atoms with Gasteiger partial charge in [0, 0.05) is 35.7 Å². The molecule has 0 saturated carbocycles. The average Bonchev–Trinajstić information content (AvgIpc) is 3.15. The van der Waals surface area contributed by atoms with Crippen LogP contribution >= 0.6 is 0 Å². The molecule has 36 heavy (non-hydrogen) atoms. The molecule has 1 spiro atoms. The van der Waals surface area contributed by atoms with E-state index in [-0.39, 0.29) is 11.7 Å². The molecule has 1 unspecified atom stereocenters. The molecular weight excluding hydrogens is 456 g/mol. The molecule has 0 amide bonds. The first kappa shape index (κ1) is 23.6. The van der Waals surface area contributed by atoms with Gasteiger partial charge in [-0.15, -0.1) is 4.91 Å². The highest BCUT2D eigenvalue weighted by molar-refractivity contribution is 5.89. The summed E-state index contributed by atoms with van der Waals surface area (Å²) in [6.45, 7) is 4.92. The number of allylic oxidation sites excluding steroid dienone is 5. The van der Waals surface area contributed by atoms with Gasteiger partial charge in [0.2, 0.25) is 5.72 Å². The molecule has 2 heterocycles. The van der Waals surface area contributed by atoms with Crippen LogP contribution in [0.4, 0.5) is 5.69 Å². The van der Waals surface area contributed by atoms with Gasteiger partial charge in [0.05, 0.1) is 19.8 Å². The predicted molar refractivity (Wildman–Crippen MR) is 138 cm³/mol. The Kier molecular flexibility index (Phi) is 5.79. The molecule has 1 saturated heterocycles. The summed E-state index contributed by atoms with van der Waals surface area (Å²) in [6, 6.07) is 10.7.